The maximum absolute atomic E-state index is 9.00. The van der Waals surface area contributed by atoms with Crippen molar-refractivity contribution in [2.75, 3.05) is 6.61 Å². The number of rotatable bonds is 6. The van der Waals surface area contributed by atoms with E-state index in [9.17, 15) is 0 Å². The number of hydrogen-bond donors (Lipinski definition) is 1. The van der Waals surface area contributed by atoms with Gasteiger partial charge in [0.1, 0.15) is 0 Å². The summed E-state index contributed by atoms with van der Waals surface area (Å²) < 4.78 is 0. The Morgan fingerprint density at radius 1 is 0.789 bits per heavy atom. The van der Waals surface area contributed by atoms with Gasteiger partial charge in [0.15, 0.2) is 0 Å². The summed E-state index contributed by atoms with van der Waals surface area (Å²) in [5, 5.41) is 9.00. The number of benzene rings is 2. The third kappa shape index (κ3) is 3.24. The Hall–Kier alpha value is -1.60. The Morgan fingerprint density at radius 3 is 1.68 bits per heavy atom. The summed E-state index contributed by atoms with van der Waals surface area (Å²) in [4.78, 5) is 0. The summed E-state index contributed by atoms with van der Waals surface area (Å²) in [6, 6.07) is 21.3. The van der Waals surface area contributed by atoms with Crippen LogP contribution in [0.25, 0.3) is 0 Å². The van der Waals surface area contributed by atoms with E-state index in [4.69, 9.17) is 5.11 Å². The molecule has 2 rings (SSSR count). The third-order valence-electron chi connectivity index (χ3n) is 3.91. The maximum atomic E-state index is 9.00. The number of hydrogen-bond acceptors (Lipinski definition) is 1. The minimum absolute atomic E-state index is 0.0255. The van der Waals surface area contributed by atoms with Crippen LogP contribution in [0.1, 0.15) is 37.3 Å². The van der Waals surface area contributed by atoms with E-state index >= 15 is 0 Å². The van der Waals surface area contributed by atoms with Gasteiger partial charge in [0.25, 0.3) is 0 Å². The molecule has 1 N–H and O–H groups in total. The van der Waals surface area contributed by atoms with Gasteiger partial charge in [0.05, 0.1) is 0 Å². The van der Waals surface area contributed by atoms with E-state index in [1.807, 2.05) is 0 Å². The van der Waals surface area contributed by atoms with E-state index in [1.165, 1.54) is 11.1 Å². The normalized spacial score (nSPS) is 11.5. The first-order valence-corrected chi connectivity index (χ1v) is 6.99. The summed E-state index contributed by atoms with van der Waals surface area (Å²) in [5.41, 5.74) is 2.72. The number of aliphatic hydroxyl groups is 1. The molecule has 0 heterocycles. The second kappa shape index (κ2) is 6.53. The van der Waals surface area contributed by atoms with Crippen LogP contribution < -0.4 is 0 Å². The molecule has 0 aliphatic heterocycles. The van der Waals surface area contributed by atoms with Crippen LogP contribution in [-0.2, 0) is 5.41 Å². The molecule has 0 amide bonds. The summed E-state index contributed by atoms with van der Waals surface area (Å²) in [6.45, 7) is 2.58. The topological polar surface area (TPSA) is 20.2 Å². The lowest BCUT2D eigenvalue weighted by Crippen LogP contribution is -2.23. The minimum Gasteiger partial charge on any atom is -0.396 e. The lowest BCUT2D eigenvalue weighted by molar-refractivity contribution is 0.278. The monoisotopic (exact) mass is 254 g/mol. The molecule has 0 aliphatic carbocycles. The Bertz CT molecular complexity index is 436. The van der Waals surface area contributed by atoms with Gasteiger partial charge in [-0.2, -0.15) is 0 Å². The SMILES string of the molecule is CC(CCCCO)(c1ccccc1)c1ccccc1. The molecule has 2 aromatic carbocycles. The zero-order valence-electron chi connectivity index (χ0n) is 11.5. The van der Waals surface area contributed by atoms with Gasteiger partial charge < -0.3 is 5.11 Å². The average molecular weight is 254 g/mol. The molecule has 0 saturated heterocycles. The van der Waals surface area contributed by atoms with Gasteiger partial charge in [-0.1, -0.05) is 67.6 Å². The highest BCUT2D eigenvalue weighted by molar-refractivity contribution is 5.38. The zero-order chi connectivity index (χ0) is 13.6. The molecule has 0 unspecified atom stereocenters. The van der Waals surface area contributed by atoms with E-state index < -0.39 is 0 Å². The predicted octanol–water partition coefficient (Wildman–Crippen LogP) is 4.16. The molecular weight excluding hydrogens is 232 g/mol. The van der Waals surface area contributed by atoms with E-state index in [2.05, 4.69) is 67.6 Å². The molecule has 0 atom stereocenters. The number of unbranched alkanes of at least 4 members (excludes halogenated alkanes) is 1. The molecule has 2 aromatic rings. The van der Waals surface area contributed by atoms with E-state index in [-0.39, 0.29) is 12.0 Å². The molecular formula is C18H22O. The molecule has 0 spiro atoms. The van der Waals surface area contributed by atoms with Gasteiger partial charge in [-0.15, -0.1) is 0 Å². The van der Waals surface area contributed by atoms with Crippen molar-refractivity contribution in [2.24, 2.45) is 0 Å². The smallest absolute Gasteiger partial charge is 0.0431 e. The molecule has 1 heteroatoms. The van der Waals surface area contributed by atoms with Gasteiger partial charge in [-0.05, 0) is 30.4 Å². The molecule has 0 bridgehead atoms. The van der Waals surface area contributed by atoms with Crippen molar-refractivity contribution in [3.8, 4) is 0 Å². The highest BCUT2D eigenvalue weighted by Gasteiger charge is 2.27. The van der Waals surface area contributed by atoms with Gasteiger partial charge in [-0.25, -0.2) is 0 Å². The van der Waals surface area contributed by atoms with Crippen LogP contribution in [-0.4, -0.2) is 11.7 Å². The van der Waals surface area contributed by atoms with Gasteiger partial charge in [-0.3, -0.25) is 0 Å². The van der Waals surface area contributed by atoms with Crippen molar-refractivity contribution in [3.05, 3.63) is 71.8 Å². The fourth-order valence-corrected chi connectivity index (χ4v) is 2.66. The summed E-state index contributed by atoms with van der Waals surface area (Å²) >= 11 is 0. The van der Waals surface area contributed by atoms with E-state index in [0.29, 0.717) is 0 Å². The highest BCUT2D eigenvalue weighted by Crippen LogP contribution is 2.36. The Labute approximate surface area is 115 Å². The first kappa shape index (κ1) is 13.8. The highest BCUT2D eigenvalue weighted by atomic mass is 16.2. The Morgan fingerprint density at radius 2 is 1.26 bits per heavy atom. The van der Waals surface area contributed by atoms with Crippen LogP contribution >= 0.6 is 0 Å². The van der Waals surface area contributed by atoms with Crippen LogP contribution in [0.4, 0.5) is 0 Å². The first-order valence-electron chi connectivity index (χ1n) is 6.99. The standard InChI is InChI=1S/C18H22O/c1-18(14-8-9-15-19,16-10-4-2-5-11-16)17-12-6-3-7-13-17/h2-7,10-13,19H,8-9,14-15H2,1H3. The molecule has 0 radical (unpaired) electrons. The molecule has 0 saturated carbocycles. The van der Waals surface area contributed by atoms with Crippen molar-refractivity contribution in [1.82, 2.24) is 0 Å². The maximum Gasteiger partial charge on any atom is 0.0431 e. The molecule has 19 heavy (non-hydrogen) atoms. The third-order valence-corrected chi connectivity index (χ3v) is 3.91. The lowest BCUT2D eigenvalue weighted by atomic mass is 9.73. The quantitative estimate of drug-likeness (QED) is 0.768. The van der Waals surface area contributed by atoms with Crippen molar-refractivity contribution in [2.45, 2.75) is 31.6 Å². The predicted molar refractivity (Wildman–Crippen MR) is 80.3 cm³/mol. The van der Waals surface area contributed by atoms with Crippen molar-refractivity contribution in [3.63, 3.8) is 0 Å². The zero-order valence-corrected chi connectivity index (χ0v) is 11.5. The van der Waals surface area contributed by atoms with Gasteiger partial charge in [0, 0.05) is 12.0 Å². The Kier molecular flexibility index (Phi) is 4.75. The summed E-state index contributed by atoms with van der Waals surface area (Å²) in [5.74, 6) is 0. The van der Waals surface area contributed by atoms with Gasteiger partial charge >= 0.3 is 0 Å². The van der Waals surface area contributed by atoms with Crippen molar-refractivity contribution >= 4 is 0 Å². The van der Waals surface area contributed by atoms with Crippen LogP contribution in [0.3, 0.4) is 0 Å². The molecule has 0 aliphatic rings. The molecule has 0 aromatic heterocycles. The fraction of sp³-hybridized carbons (Fsp3) is 0.333. The molecule has 100 valence electrons. The fourth-order valence-electron chi connectivity index (χ4n) is 2.66. The largest absolute Gasteiger partial charge is 0.396 e. The number of aliphatic hydroxyl groups excluding tert-OH is 1. The molecule has 0 fully saturated rings. The first-order chi connectivity index (χ1) is 9.27. The lowest BCUT2D eigenvalue weighted by Gasteiger charge is -2.31. The van der Waals surface area contributed by atoms with Gasteiger partial charge in [0.2, 0.25) is 0 Å². The summed E-state index contributed by atoms with van der Waals surface area (Å²) in [7, 11) is 0. The minimum atomic E-state index is 0.0255. The van der Waals surface area contributed by atoms with Crippen LogP contribution in [0, 0.1) is 0 Å². The average Bonchev–Trinajstić information content (AvgIpc) is 2.49. The second-order valence-electron chi connectivity index (χ2n) is 5.24. The Balaban J connectivity index is 2.33. The van der Waals surface area contributed by atoms with E-state index in [0.717, 1.165) is 19.3 Å². The molecule has 1 nitrogen and oxygen atoms in total. The van der Waals surface area contributed by atoms with E-state index in [1.54, 1.807) is 0 Å². The van der Waals surface area contributed by atoms with Crippen molar-refractivity contribution in [1.29, 1.82) is 0 Å². The van der Waals surface area contributed by atoms with Crippen LogP contribution in [0.5, 0.6) is 0 Å². The van der Waals surface area contributed by atoms with Crippen LogP contribution in [0.15, 0.2) is 60.7 Å². The second-order valence-corrected chi connectivity index (χ2v) is 5.24. The van der Waals surface area contributed by atoms with Crippen molar-refractivity contribution < 1.29 is 5.11 Å². The summed E-state index contributed by atoms with van der Waals surface area (Å²) in [6.07, 6.45) is 2.97. The van der Waals surface area contributed by atoms with Crippen LogP contribution in [0.2, 0.25) is 0 Å².